The highest BCUT2D eigenvalue weighted by atomic mass is 16.1. The zero-order chi connectivity index (χ0) is 23.3. The fourth-order valence-corrected chi connectivity index (χ4v) is 3.77. The number of fused-ring (bicyclic) bond motifs is 1. The van der Waals surface area contributed by atoms with Crippen LogP contribution in [-0.4, -0.2) is 36.6 Å². The van der Waals surface area contributed by atoms with Gasteiger partial charge in [-0.15, -0.1) is 0 Å². The van der Waals surface area contributed by atoms with Gasteiger partial charge in [0.15, 0.2) is 11.3 Å². The Kier molecular flexibility index (Phi) is 5.82. The van der Waals surface area contributed by atoms with Gasteiger partial charge < -0.3 is 9.88 Å². The number of nitriles is 1. The van der Waals surface area contributed by atoms with Gasteiger partial charge in [0.25, 0.3) is 5.91 Å². The van der Waals surface area contributed by atoms with Gasteiger partial charge in [0, 0.05) is 42.7 Å². The Labute approximate surface area is 196 Å². The van der Waals surface area contributed by atoms with Crippen LogP contribution in [0.2, 0.25) is 0 Å². The Bertz CT molecular complexity index is 1480. The lowest BCUT2D eigenvalue weighted by Crippen LogP contribution is -2.25. The largest absolute Gasteiger partial charge is 0.351 e. The molecule has 0 fully saturated rings. The topological polar surface area (TPSA) is 101 Å². The first-order valence-corrected chi connectivity index (χ1v) is 10.9. The predicted octanol–water partition coefficient (Wildman–Crippen LogP) is 3.95. The van der Waals surface area contributed by atoms with Gasteiger partial charge in [-0.05, 0) is 24.6 Å². The molecule has 3 aromatic heterocycles. The maximum Gasteiger partial charge on any atom is 0.271 e. The van der Waals surface area contributed by atoms with E-state index in [0.29, 0.717) is 17.8 Å². The second kappa shape index (κ2) is 9.38. The van der Waals surface area contributed by atoms with Crippen molar-refractivity contribution in [2.75, 3.05) is 6.54 Å². The first kappa shape index (κ1) is 21.1. The quantitative estimate of drug-likeness (QED) is 0.381. The third-order valence-electron chi connectivity index (χ3n) is 5.45. The molecule has 0 bridgehead atoms. The number of benzene rings is 2. The minimum Gasteiger partial charge on any atom is -0.351 e. The van der Waals surface area contributed by atoms with E-state index >= 15 is 0 Å². The minimum absolute atomic E-state index is 0.255. The minimum atomic E-state index is -0.255. The third kappa shape index (κ3) is 4.40. The van der Waals surface area contributed by atoms with E-state index < -0.39 is 0 Å². The van der Waals surface area contributed by atoms with Crippen LogP contribution >= 0.6 is 0 Å². The number of aryl methyl sites for hydroxylation is 1. The maximum atomic E-state index is 12.8. The number of carbonyl (C=O) groups is 1. The molecule has 0 saturated carbocycles. The molecular weight excluding hydrogens is 426 g/mol. The highest BCUT2D eigenvalue weighted by molar-refractivity contribution is 5.93. The van der Waals surface area contributed by atoms with Crippen LogP contribution in [0.1, 0.15) is 22.5 Å². The van der Waals surface area contributed by atoms with Crippen molar-refractivity contribution in [3.8, 4) is 28.6 Å². The summed E-state index contributed by atoms with van der Waals surface area (Å²) in [7, 11) is 0. The van der Waals surface area contributed by atoms with Crippen LogP contribution in [0, 0.1) is 11.3 Å². The number of nitrogens with one attached hydrogen (secondary N) is 1. The van der Waals surface area contributed by atoms with Crippen LogP contribution in [0.5, 0.6) is 0 Å². The number of nitrogens with zero attached hydrogens (tertiary/aromatic N) is 6. The van der Waals surface area contributed by atoms with Crippen LogP contribution < -0.4 is 5.32 Å². The summed E-state index contributed by atoms with van der Waals surface area (Å²) in [6, 6.07) is 22.9. The van der Waals surface area contributed by atoms with E-state index in [9.17, 15) is 10.1 Å². The molecular formula is C26H21N7O. The summed E-state index contributed by atoms with van der Waals surface area (Å²) in [5.74, 6) is -0.255. The van der Waals surface area contributed by atoms with Gasteiger partial charge in [0.05, 0.1) is 29.3 Å². The van der Waals surface area contributed by atoms with Crippen molar-refractivity contribution in [3.05, 3.63) is 96.7 Å². The van der Waals surface area contributed by atoms with Crippen molar-refractivity contribution in [2.24, 2.45) is 0 Å². The summed E-state index contributed by atoms with van der Waals surface area (Å²) in [6.45, 7) is 1.29. The molecule has 0 aliphatic heterocycles. The molecule has 0 spiro atoms. The van der Waals surface area contributed by atoms with E-state index in [1.807, 2.05) is 59.3 Å². The summed E-state index contributed by atoms with van der Waals surface area (Å²) < 4.78 is 3.62. The third-order valence-corrected chi connectivity index (χ3v) is 5.45. The second-order valence-electron chi connectivity index (χ2n) is 7.79. The average molecular weight is 448 g/mol. The Morgan fingerprint density at radius 1 is 1.03 bits per heavy atom. The van der Waals surface area contributed by atoms with Gasteiger partial charge >= 0.3 is 0 Å². The molecule has 0 radical (unpaired) electrons. The summed E-state index contributed by atoms with van der Waals surface area (Å²) in [4.78, 5) is 21.6. The molecule has 166 valence electrons. The summed E-state index contributed by atoms with van der Waals surface area (Å²) in [6.07, 6.45) is 6.15. The molecule has 1 amide bonds. The number of hydrogen-bond donors (Lipinski definition) is 1. The van der Waals surface area contributed by atoms with Crippen LogP contribution in [0.4, 0.5) is 0 Å². The zero-order valence-corrected chi connectivity index (χ0v) is 18.3. The van der Waals surface area contributed by atoms with Gasteiger partial charge in [-0.2, -0.15) is 10.4 Å². The van der Waals surface area contributed by atoms with Gasteiger partial charge in [-0.1, -0.05) is 42.5 Å². The van der Waals surface area contributed by atoms with E-state index in [2.05, 4.69) is 21.5 Å². The molecule has 2 aromatic carbocycles. The molecule has 0 saturated heterocycles. The molecule has 3 heterocycles. The van der Waals surface area contributed by atoms with E-state index in [1.165, 1.54) is 0 Å². The van der Waals surface area contributed by atoms with E-state index in [0.717, 1.165) is 35.5 Å². The van der Waals surface area contributed by atoms with Crippen molar-refractivity contribution < 1.29 is 4.79 Å². The first-order chi connectivity index (χ1) is 16.7. The lowest BCUT2D eigenvalue weighted by molar-refractivity contribution is 0.0947. The molecule has 0 atom stereocenters. The van der Waals surface area contributed by atoms with Gasteiger partial charge in [-0.25, -0.2) is 14.5 Å². The molecule has 0 aliphatic rings. The van der Waals surface area contributed by atoms with Crippen molar-refractivity contribution in [1.29, 1.82) is 5.26 Å². The SMILES string of the molecule is N#Cc1cccc(-c2cc(-c3ccccc3)nc3cc(C(=O)NCCCn4ccnc4)nn23)c1. The molecule has 0 unspecified atom stereocenters. The maximum absolute atomic E-state index is 12.8. The molecule has 1 N–H and O–H groups in total. The fourth-order valence-electron chi connectivity index (χ4n) is 3.77. The van der Waals surface area contributed by atoms with Crippen molar-refractivity contribution in [3.63, 3.8) is 0 Å². The number of carbonyl (C=O) groups excluding carboxylic acids is 1. The van der Waals surface area contributed by atoms with Crippen LogP contribution in [-0.2, 0) is 6.54 Å². The monoisotopic (exact) mass is 447 g/mol. The van der Waals surface area contributed by atoms with E-state index in [4.69, 9.17) is 4.98 Å². The molecule has 34 heavy (non-hydrogen) atoms. The number of aromatic nitrogens is 5. The Balaban J connectivity index is 1.48. The number of hydrogen-bond acceptors (Lipinski definition) is 5. The van der Waals surface area contributed by atoms with Gasteiger partial charge in [0.2, 0.25) is 0 Å². The molecule has 5 aromatic rings. The van der Waals surface area contributed by atoms with Gasteiger partial charge in [-0.3, -0.25) is 4.79 Å². The first-order valence-electron chi connectivity index (χ1n) is 10.9. The van der Waals surface area contributed by atoms with Crippen molar-refractivity contribution in [2.45, 2.75) is 13.0 Å². The Hall–Kier alpha value is -4.77. The molecule has 8 nitrogen and oxygen atoms in total. The number of imidazole rings is 1. The second-order valence-corrected chi connectivity index (χ2v) is 7.79. The summed E-state index contributed by atoms with van der Waals surface area (Å²) in [5.41, 5.74) is 4.68. The number of rotatable bonds is 7. The summed E-state index contributed by atoms with van der Waals surface area (Å²) >= 11 is 0. The average Bonchev–Trinajstić information content (AvgIpc) is 3.56. The fraction of sp³-hybridized carbons (Fsp3) is 0.115. The molecule has 8 heteroatoms. The highest BCUT2D eigenvalue weighted by Gasteiger charge is 2.16. The van der Waals surface area contributed by atoms with E-state index in [1.54, 1.807) is 35.2 Å². The lowest BCUT2D eigenvalue weighted by Gasteiger charge is -2.09. The van der Waals surface area contributed by atoms with Crippen molar-refractivity contribution in [1.82, 2.24) is 29.5 Å². The smallest absolute Gasteiger partial charge is 0.271 e. The van der Waals surface area contributed by atoms with Crippen molar-refractivity contribution >= 4 is 11.6 Å². The Morgan fingerprint density at radius 3 is 2.68 bits per heavy atom. The lowest BCUT2D eigenvalue weighted by atomic mass is 10.1. The van der Waals surface area contributed by atoms with Crippen LogP contribution in [0.3, 0.4) is 0 Å². The predicted molar refractivity (Wildman–Crippen MR) is 128 cm³/mol. The standard InChI is InChI=1S/C26H21N7O/c27-17-19-6-4-9-21(14-19)24-15-22(20-7-2-1-3-8-20)30-25-16-23(31-33(24)25)26(34)29-10-5-12-32-13-11-28-18-32/h1-4,6-9,11,13-16,18H,5,10,12H2,(H,29,34). The highest BCUT2D eigenvalue weighted by Crippen LogP contribution is 2.27. The van der Waals surface area contributed by atoms with E-state index in [-0.39, 0.29) is 11.6 Å². The van der Waals surface area contributed by atoms with Crippen LogP contribution in [0.25, 0.3) is 28.2 Å². The van der Waals surface area contributed by atoms with Gasteiger partial charge in [0.1, 0.15) is 0 Å². The Morgan fingerprint density at radius 2 is 1.88 bits per heavy atom. The molecule has 5 rings (SSSR count). The van der Waals surface area contributed by atoms with Crippen LogP contribution in [0.15, 0.2) is 85.5 Å². The molecule has 0 aliphatic carbocycles. The normalized spacial score (nSPS) is 10.8. The zero-order valence-electron chi connectivity index (χ0n) is 18.3. The number of amides is 1. The summed E-state index contributed by atoms with van der Waals surface area (Å²) in [5, 5.41) is 16.8.